The van der Waals surface area contributed by atoms with Crippen molar-refractivity contribution >= 4 is 39.8 Å². The standard InChI is InChI=1S/C21H18ClN3O2S/c22-16-8-2-1-6-14(16)19(26)25-21-18(15-7-3-9-17(15)28-21)20(27)24-12-13-5-4-10-23-11-13/h1-2,4-6,8,10-11H,3,7,9,12H2,(H,24,27)(H,25,26). The van der Waals surface area contributed by atoms with E-state index >= 15 is 0 Å². The Balaban J connectivity index is 1.57. The van der Waals surface area contributed by atoms with Gasteiger partial charge in [0.15, 0.2) is 0 Å². The van der Waals surface area contributed by atoms with E-state index in [0.717, 1.165) is 30.4 Å². The summed E-state index contributed by atoms with van der Waals surface area (Å²) < 4.78 is 0. The summed E-state index contributed by atoms with van der Waals surface area (Å²) in [5, 5.41) is 6.81. The molecule has 4 rings (SSSR count). The van der Waals surface area contributed by atoms with Gasteiger partial charge in [0.05, 0.1) is 16.1 Å². The maximum absolute atomic E-state index is 12.9. The minimum Gasteiger partial charge on any atom is -0.348 e. The van der Waals surface area contributed by atoms with Gasteiger partial charge in [-0.15, -0.1) is 11.3 Å². The summed E-state index contributed by atoms with van der Waals surface area (Å²) in [4.78, 5) is 30.9. The number of benzene rings is 1. The van der Waals surface area contributed by atoms with Crippen LogP contribution in [0.2, 0.25) is 5.02 Å². The van der Waals surface area contributed by atoms with Gasteiger partial charge in [0.1, 0.15) is 5.00 Å². The molecule has 0 unspecified atom stereocenters. The summed E-state index contributed by atoms with van der Waals surface area (Å²) in [7, 11) is 0. The molecule has 1 aliphatic rings. The van der Waals surface area contributed by atoms with Crippen LogP contribution in [0.5, 0.6) is 0 Å². The summed E-state index contributed by atoms with van der Waals surface area (Å²) in [6.45, 7) is 0.384. The molecule has 0 spiro atoms. The van der Waals surface area contributed by atoms with Crippen LogP contribution in [0.3, 0.4) is 0 Å². The minimum atomic E-state index is -0.313. The largest absolute Gasteiger partial charge is 0.348 e. The number of fused-ring (bicyclic) bond motifs is 1. The molecule has 7 heteroatoms. The van der Waals surface area contributed by atoms with Crippen molar-refractivity contribution in [3.63, 3.8) is 0 Å². The van der Waals surface area contributed by atoms with Crippen LogP contribution in [0.4, 0.5) is 5.00 Å². The van der Waals surface area contributed by atoms with Gasteiger partial charge in [-0.3, -0.25) is 14.6 Å². The van der Waals surface area contributed by atoms with Gasteiger partial charge < -0.3 is 10.6 Å². The van der Waals surface area contributed by atoms with Crippen molar-refractivity contribution in [3.8, 4) is 0 Å². The molecule has 0 atom stereocenters. The molecule has 1 aromatic carbocycles. The second-order valence-electron chi connectivity index (χ2n) is 6.54. The molecule has 3 aromatic rings. The monoisotopic (exact) mass is 411 g/mol. The van der Waals surface area contributed by atoms with Crippen LogP contribution in [-0.4, -0.2) is 16.8 Å². The topological polar surface area (TPSA) is 71.1 Å². The van der Waals surface area contributed by atoms with E-state index in [0.29, 0.717) is 27.7 Å². The predicted octanol–water partition coefficient (Wildman–Crippen LogP) is 4.47. The summed E-state index contributed by atoms with van der Waals surface area (Å²) >= 11 is 7.62. The number of hydrogen-bond acceptors (Lipinski definition) is 4. The predicted molar refractivity (Wildman–Crippen MR) is 111 cm³/mol. The molecular weight excluding hydrogens is 394 g/mol. The summed E-state index contributed by atoms with van der Waals surface area (Å²) in [6.07, 6.45) is 6.23. The van der Waals surface area contributed by atoms with Gasteiger partial charge in [0.25, 0.3) is 11.8 Å². The third-order valence-corrected chi connectivity index (χ3v) is 6.21. The molecule has 0 radical (unpaired) electrons. The number of pyridine rings is 1. The van der Waals surface area contributed by atoms with Gasteiger partial charge in [0.2, 0.25) is 0 Å². The molecule has 2 heterocycles. The molecule has 0 fully saturated rings. The Labute approximate surface area is 171 Å². The van der Waals surface area contributed by atoms with Gasteiger partial charge in [-0.1, -0.05) is 29.8 Å². The van der Waals surface area contributed by atoms with E-state index in [-0.39, 0.29) is 11.8 Å². The van der Waals surface area contributed by atoms with E-state index in [1.807, 2.05) is 12.1 Å². The van der Waals surface area contributed by atoms with E-state index < -0.39 is 0 Å². The number of carbonyl (C=O) groups is 2. The Bertz CT molecular complexity index is 1030. The third-order valence-electron chi connectivity index (χ3n) is 4.67. The number of thiophene rings is 1. The smallest absolute Gasteiger partial charge is 0.257 e. The zero-order valence-electron chi connectivity index (χ0n) is 15.0. The third kappa shape index (κ3) is 3.79. The Morgan fingerprint density at radius 1 is 1.11 bits per heavy atom. The fourth-order valence-electron chi connectivity index (χ4n) is 3.32. The first kappa shape index (κ1) is 18.7. The normalized spacial score (nSPS) is 12.5. The Morgan fingerprint density at radius 2 is 1.96 bits per heavy atom. The molecule has 1 aliphatic carbocycles. The first-order valence-electron chi connectivity index (χ1n) is 9.01. The molecule has 0 saturated carbocycles. The average molecular weight is 412 g/mol. The molecule has 0 aliphatic heterocycles. The quantitative estimate of drug-likeness (QED) is 0.650. The lowest BCUT2D eigenvalue weighted by atomic mass is 10.1. The van der Waals surface area contributed by atoms with Gasteiger partial charge in [-0.25, -0.2) is 0 Å². The lowest BCUT2D eigenvalue weighted by Crippen LogP contribution is -2.25. The lowest BCUT2D eigenvalue weighted by Gasteiger charge is -2.10. The number of carbonyl (C=O) groups excluding carboxylic acids is 2. The highest BCUT2D eigenvalue weighted by Gasteiger charge is 2.27. The second kappa shape index (κ2) is 8.12. The molecule has 28 heavy (non-hydrogen) atoms. The number of halogens is 1. The Hall–Kier alpha value is -2.70. The van der Waals surface area contributed by atoms with Crippen molar-refractivity contribution in [2.45, 2.75) is 25.8 Å². The number of aryl methyl sites for hydroxylation is 1. The number of nitrogens with zero attached hydrogens (tertiary/aromatic N) is 1. The Morgan fingerprint density at radius 3 is 2.75 bits per heavy atom. The number of nitrogens with one attached hydrogen (secondary N) is 2. The highest BCUT2D eigenvalue weighted by atomic mass is 35.5. The second-order valence-corrected chi connectivity index (χ2v) is 8.05. The van der Waals surface area contributed by atoms with Crippen LogP contribution in [0.15, 0.2) is 48.8 Å². The fourth-order valence-corrected chi connectivity index (χ4v) is 4.83. The van der Waals surface area contributed by atoms with Gasteiger partial charge >= 0.3 is 0 Å². The molecule has 142 valence electrons. The summed E-state index contributed by atoms with van der Waals surface area (Å²) in [6, 6.07) is 10.6. The van der Waals surface area contributed by atoms with E-state index in [2.05, 4.69) is 15.6 Å². The summed E-state index contributed by atoms with van der Waals surface area (Å²) in [5.41, 5.74) is 2.92. The van der Waals surface area contributed by atoms with Crippen LogP contribution >= 0.6 is 22.9 Å². The molecular formula is C21H18ClN3O2S. The molecule has 0 saturated heterocycles. The highest BCUT2D eigenvalue weighted by molar-refractivity contribution is 7.17. The number of amides is 2. The summed E-state index contributed by atoms with van der Waals surface area (Å²) in [5.74, 6) is -0.496. The van der Waals surface area contributed by atoms with E-state index in [9.17, 15) is 9.59 Å². The van der Waals surface area contributed by atoms with E-state index in [4.69, 9.17) is 11.6 Å². The number of hydrogen-bond donors (Lipinski definition) is 2. The number of rotatable bonds is 5. The van der Waals surface area contributed by atoms with Crippen LogP contribution < -0.4 is 10.6 Å². The lowest BCUT2D eigenvalue weighted by molar-refractivity contribution is 0.0951. The van der Waals surface area contributed by atoms with Crippen molar-refractivity contribution in [1.82, 2.24) is 10.3 Å². The van der Waals surface area contributed by atoms with Crippen LogP contribution in [0.25, 0.3) is 0 Å². The SMILES string of the molecule is O=C(Nc1sc2c(c1C(=O)NCc1cccnc1)CCC2)c1ccccc1Cl. The molecule has 0 bridgehead atoms. The van der Waals surface area contributed by atoms with E-state index in [1.165, 1.54) is 16.2 Å². The van der Waals surface area contributed by atoms with Crippen LogP contribution in [-0.2, 0) is 19.4 Å². The zero-order valence-corrected chi connectivity index (χ0v) is 16.6. The number of aromatic nitrogens is 1. The van der Waals surface area contributed by atoms with Crippen molar-refractivity contribution in [1.29, 1.82) is 0 Å². The Kier molecular flexibility index (Phi) is 5.41. The van der Waals surface area contributed by atoms with Gasteiger partial charge in [0, 0.05) is 23.8 Å². The number of anilines is 1. The molecule has 2 N–H and O–H groups in total. The minimum absolute atomic E-state index is 0.183. The average Bonchev–Trinajstić information content (AvgIpc) is 3.28. The van der Waals surface area contributed by atoms with Crippen molar-refractivity contribution in [2.24, 2.45) is 0 Å². The van der Waals surface area contributed by atoms with E-state index in [1.54, 1.807) is 36.7 Å². The van der Waals surface area contributed by atoms with Crippen molar-refractivity contribution in [3.05, 3.63) is 80.9 Å². The van der Waals surface area contributed by atoms with Crippen molar-refractivity contribution < 1.29 is 9.59 Å². The van der Waals surface area contributed by atoms with Gasteiger partial charge in [-0.05, 0) is 48.6 Å². The van der Waals surface area contributed by atoms with Crippen LogP contribution in [0, 0.1) is 0 Å². The fraction of sp³-hybridized carbons (Fsp3) is 0.190. The zero-order chi connectivity index (χ0) is 19.5. The maximum Gasteiger partial charge on any atom is 0.257 e. The first-order chi connectivity index (χ1) is 13.6. The first-order valence-corrected chi connectivity index (χ1v) is 10.2. The highest BCUT2D eigenvalue weighted by Crippen LogP contribution is 2.39. The maximum atomic E-state index is 12.9. The van der Waals surface area contributed by atoms with Crippen LogP contribution in [0.1, 0.15) is 43.1 Å². The molecule has 5 nitrogen and oxygen atoms in total. The molecule has 2 amide bonds. The molecule has 2 aromatic heterocycles. The van der Waals surface area contributed by atoms with Gasteiger partial charge in [-0.2, -0.15) is 0 Å². The van der Waals surface area contributed by atoms with Crippen molar-refractivity contribution in [2.75, 3.05) is 5.32 Å².